The van der Waals surface area contributed by atoms with Crippen LogP contribution in [0.25, 0.3) is 0 Å². The normalized spacial score (nSPS) is 30.8. The molecule has 2 amide bonds. The van der Waals surface area contributed by atoms with E-state index in [0.717, 1.165) is 43.2 Å². The zero-order valence-electron chi connectivity index (χ0n) is 15.4. The van der Waals surface area contributed by atoms with Crippen LogP contribution in [0.4, 0.5) is 0 Å². The Morgan fingerprint density at radius 2 is 1.70 bits per heavy atom. The lowest BCUT2D eigenvalue weighted by Crippen LogP contribution is -2.49. The van der Waals surface area contributed by atoms with Crippen molar-refractivity contribution in [3.05, 3.63) is 16.1 Å². The van der Waals surface area contributed by atoms with E-state index in [4.69, 9.17) is 4.74 Å². The summed E-state index contributed by atoms with van der Waals surface area (Å²) in [5.74, 6) is 1.25. The first kappa shape index (κ1) is 18.4. The van der Waals surface area contributed by atoms with Crippen LogP contribution in [-0.2, 0) is 25.5 Å². The van der Waals surface area contributed by atoms with Gasteiger partial charge in [0.25, 0.3) is 5.91 Å². The second kappa shape index (κ2) is 7.58. The van der Waals surface area contributed by atoms with E-state index in [1.807, 2.05) is 12.3 Å². The minimum atomic E-state index is -0.532. The molecule has 146 valence electrons. The maximum atomic E-state index is 12.5. The number of hydrogen-bond acceptors (Lipinski definition) is 6. The van der Waals surface area contributed by atoms with Crippen LogP contribution in [0.1, 0.15) is 42.8 Å². The molecule has 4 saturated carbocycles. The van der Waals surface area contributed by atoms with Crippen LogP contribution in [0.15, 0.2) is 5.38 Å². The summed E-state index contributed by atoms with van der Waals surface area (Å²) in [6.07, 6.45) is 5.96. The molecule has 0 aromatic carbocycles. The van der Waals surface area contributed by atoms with Gasteiger partial charge >= 0.3 is 5.97 Å². The molecule has 1 aromatic heterocycles. The topological polar surface area (TPSA) is 97.4 Å². The van der Waals surface area contributed by atoms with E-state index in [1.165, 1.54) is 17.8 Å². The number of hydrazine groups is 1. The number of aromatic nitrogens is 1. The van der Waals surface area contributed by atoms with Crippen molar-refractivity contribution in [2.24, 2.45) is 29.6 Å². The molecule has 8 heteroatoms. The summed E-state index contributed by atoms with van der Waals surface area (Å²) in [5, 5.41) is 2.55. The third-order valence-corrected chi connectivity index (χ3v) is 7.13. The van der Waals surface area contributed by atoms with Crippen molar-refractivity contribution >= 4 is 29.1 Å². The molecule has 4 bridgehead atoms. The van der Waals surface area contributed by atoms with E-state index in [2.05, 4.69) is 15.8 Å². The van der Waals surface area contributed by atoms with Crippen molar-refractivity contribution in [1.82, 2.24) is 15.8 Å². The van der Waals surface area contributed by atoms with Gasteiger partial charge in [-0.15, -0.1) is 11.3 Å². The lowest BCUT2D eigenvalue weighted by Gasteiger charge is -2.53. The highest BCUT2D eigenvalue weighted by Gasteiger charge is 2.51. The number of ether oxygens (including phenoxy) is 1. The zero-order chi connectivity index (χ0) is 19.0. The Bertz CT molecular complexity index is 719. The Balaban J connectivity index is 1.19. The maximum Gasteiger partial charge on any atom is 0.310 e. The average molecular weight is 391 g/mol. The van der Waals surface area contributed by atoms with E-state index in [1.54, 1.807) is 0 Å². The van der Waals surface area contributed by atoms with Gasteiger partial charge < -0.3 is 4.74 Å². The predicted octanol–water partition coefficient (Wildman–Crippen LogP) is 1.76. The van der Waals surface area contributed by atoms with Crippen LogP contribution in [0.3, 0.4) is 0 Å². The third kappa shape index (κ3) is 4.15. The zero-order valence-corrected chi connectivity index (χ0v) is 16.2. The molecule has 1 heterocycles. The van der Waals surface area contributed by atoms with Crippen molar-refractivity contribution in [3.8, 4) is 0 Å². The van der Waals surface area contributed by atoms with Gasteiger partial charge in [-0.05, 0) is 62.7 Å². The quantitative estimate of drug-likeness (QED) is 0.589. The number of thiazole rings is 1. The molecule has 0 aliphatic heterocycles. The van der Waals surface area contributed by atoms with Gasteiger partial charge in [0.2, 0.25) is 5.91 Å². The molecule has 4 fully saturated rings. The molecule has 5 rings (SSSR count). The van der Waals surface area contributed by atoms with Crippen LogP contribution in [0.5, 0.6) is 0 Å². The Morgan fingerprint density at radius 3 is 2.30 bits per heavy atom. The van der Waals surface area contributed by atoms with Crippen LogP contribution < -0.4 is 10.9 Å². The van der Waals surface area contributed by atoms with Gasteiger partial charge in [0.05, 0.1) is 12.3 Å². The SMILES string of the molecule is Cc1csc(CC(=O)NNC(=O)COC(=O)C2C3CC4CC(C3)CC2C4)n1. The Hall–Kier alpha value is -1.96. The molecule has 4 aliphatic rings. The van der Waals surface area contributed by atoms with Crippen molar-refractivity contribution in [2.75, 3.05) is 6.61 Å². The molecule has 27 heavy (non-hydrogen) atoms. The van der Waals surface area contributed by atoms with E-state index in [9.17, 15) is 14.4 Å². The minimum absolute atomic E-state index is 0.0478. The van der Waals surface area contributed by atoms with E-state index >= 15 is 0 Å². The molecule has 1 aromatic rings. The summed E-state index contributed by atoms with van der Waals surface area (Å²) in [6.45, 7) is 1.50. The minimum Gasteiger partial charge on any atom is -0.455 e. The van der Waals surface area contributed by atoms with E-state index < -0.39 is 5.91 Å². The lowest BCUT2D eigenvalue weighted by atomic mass is 9.52. The molecule has 7 nitrogen and oxygen atoms in total. The first-order chi connectivity index (χ1) is 13.0. The van der Waals surface area contributed by atoms with Gasteiger partial charge in [-0.3, -0.25) is 25.2 Å². The van der Waals surface area contributed by atoms with E-state index in [-0.39, 0.29) is 30.8 Å². The largest absolute Gasteiger partial charge is 0.455 e. The number of amides is 2. The summed E-state index contributed by atoms with van der Waals surface area (Å²) in [6, 6.07) is 0. The van der Waals surface area contributed by atoms with Crippen LogP contribution >= 0.6 is 11.3 Å². The van der Waals surface area contributed by atoms with Gasteiger partial charge in [0.1, 0.15) is 5.01 Å². The fraction of sp³-hybridized carbons (Fsp3) is 0.684. The number of rotatable bonds is 5. The highest BCUT2D eigenvalue weighted by atomic mass is 32.1. The molecule has 0 unspecified atom stereocenters. The summed E-state index contributed by atoms with van der Waals surface area (Å²) in [7, 11) is 0. The predicted molar refractivity (Wildman–Crippen MR) is 98.3 cm³/mol. The average Bonchev–Trinajstić information content (AvgIpc) is 3.02. The molecule has 4 aliphatic carbocycles. The molecule has 0 radical (unpaired) electrons. The van der Waals surface area contributed by atoms with Gasteiger partial charge in [0.15, 0.2) is 6.61 Å². The summed E-state index contributed by atoms with van der Waals surface area (Å²) < 4.78 is 5.27. The number of carbonyl (C=O) groups excluding carboxylic acids is 3. The Labute approximate surface area is 162 Å². The highest BCUT2D eigenvalue weighted by molar-refractivity contribution is 7.09. The maximum absolute atomic E-state index is 12.5. The Kier molecular flexibility index (Phi) is 5.16. The monoisotopic (exact) mass is 391 g/mol. The first-order valence-electron chi connectivity index (χ1n) is 9.63. The number of esters is 1. The second-order valence-corrected chi connectivity index (χ2v) is 9.16. The third-order valence-electron chi connectivity index (χ3n) is 6.16. The van der Waals surface area contributed by atoms with Crippen LogP contribution in [0, 0.1) is 36.5 Å². The molecule has 0 spiro atoms. The number of hydrogen-bond donors (Lipinski definition) is 2. The number of nitrogens with zero attached hydrogens (tertiary/aromatic N) is 1. The second-order valence-electron chi connectivity index (χ2n) is 8.22. The molecule has 0 saturated heterocycles. The summed E-state index contributed by atoms with van der Waals surface area (Å²) in [4.78, 5) is 40.4. The van der Waals surface area contributed by atoms with Gasteiger partial charge in [0, 0.05) is 11.1 Å². The number of aryl methyl sites for hydroxylation is 1. The Morgan fingerprint density at radius 1 is 1.07 bits per heavy atom. The molecule has 0 atom stereocenters. The van der Waals surface area contributed by atoms with Gasteiger partial charge in [-0.1, -0.05) is 0 Å². The summed E-state index contributed by atoms with van der Waals surface area (Å²) in [5.41, 5.74) is 5.49. The smallest absolute Gasteiger partial charge is 0.310 e. The van der Waals surface area contributed by atoms with Crippen LogP contribution in [-0.4, -0.2) is 29.4 Å². The van der Waals surface area contributed by atoms with Crippen molar-refractivity contribution in [3.63, 3.8) is 0 Å². The molecular weight excluding hydrogens is 366 g/mol. The fourth-order valence-corrected chi connectivity index (χ4v) is 6.15. The molecular formula is C19H25N3O4S. The van der Waals surface area contributed by atoms with Crippen molar-refractivity contribution in [2.45, 2.75) is 45.4 Å². The summed E-state index contributed by atoms with van der Waals surface area (Å²) >= 11 is 1.40. The van der Waals surface area contributed by atoms with Gasteiger partial charge in [-0.25, -0.2) is 4.98 Å². The van der Waals surface area contributed by atoms with Crippen molar-refractivity contribution in [1.29, 1.82) is 0 Å². The van der Waals surface area contributed by atoms with Gasteiger partial charge in [-0.2, -0.15) is 0 Å². The van der Waals surface area contributed by atoms with Crippen molar-refractivity contribution < 1.29 is 19.1 Å². The standard InChI is InChI=1S/C19H25N3O4S/c1-10-9-27-17(20-10)7-15(23)21-22-16(24)8-26-19(25)18-13-3-11-2-12(5-13)6-14(18)4-11/h9,11-14,18H,2-8H2,1H3,(H,21,23)(H,22,24). The fourth-order valence-electron chi connectivity index (χ4n) is 5.38. The lowest BCUT2D eigenvalue weighted by molar-refractivity contribution is -0.165. The first-order valence-corrected chi connectivity index (χ1v) is 10.5. The molecule has 2 N–H and O–H groups in total. The number of carbonyl (C=O) groups is 3. The number of nitrogens with one attached hydrogen (secondary N) is 2. The van der Waals surface area contributed by atoms with Crippen LogP contribution in [0.2, 0.25) is 0 Å². The highest BCUT2D eigenvalue weighted by Crippen LogP contribution is 2.56. The van der Waals surface area contributed by atoms with E-state index in [0.29, 0.717) is 16.8 Å².